The normalized spacial score (nSPS) is 22.7. The van der Waals surface area contributed by atoms with Gasteiger partial charge < -0.3 is 5.32 Å². The first-order valence-electron chi connectivity index (χ1n) is 7.15. The van der Waals surface area contributed by atoms with E-state index in [4.69, 9.17) is 0 Å². The molecule has 0 bridgehead atoms. The van der Waals surface area contributed by atoms with Gasteiger partial charge in [-0.1, -0.05) is 13.8 Å². The molecule has 106 valence electrons. The van der Waals surface area contributed by atoms with Gasteiger partial charge in [-0.05, 0) is 38.5 Å². The summed E-state index contributed by atoms with van der Waals surface area (Å²) >= 11 is 0. The van der Waals surface area contributed by atoms with Crippen molar-refractivity contribution >= 4 is 10.0 Å². The second-order valence-corrected chi connectivity index (χ2v) is 8.54. The zero-order valence-electron chi connectivity index (χ0n) is 11.7. The summed E-state index contributed by atoms with van der Waals surface area (Å²) in [6.07, 6.45) is 4.47. The summed E-state index contributed by atoms with van der Waals surface area (Å²) in [5, 5.41) is 3.02. The number of nitrogens with zero attached hydrogens (tertiary/aromatic N) is 1. The lowest BCUT2D eigenvalue weighted by molar-refractivity contribution is 0.355. The molecule has 0 aromatic heterocycles. The maximum Gasteiger partial charge on any atom is 0.218 e. The van der Waals surface area contributed by atoms with Crippen LogP contribution in [0.5, 0.6) is 0 Å². The van der Waals surface area contributed by atoms with Crippen molar-refractivity contribution in [1.29, 1.82) is 0 Å². The minimum Gasteiger partial charge on any atom is -0.313 e. The summed E-state index contributed by atoms with van der Waals surface area (Å²) in [6, 6.07) is 0.850. The quantitative estimate of drug-likeness (QED) is 0.731. The average Bonchev–Trinajstić information content (AvgIpc) is 3.15. The van der Waals surface area contributed by atoms with Crippen LogP contribution < -0.4 is 5.32 Å². The van der Waals surface area contributed by atoms with Crippen LogP contribution in [-0.4, -0.2) is 43.1 Å². The zero-order valence-corrected chi connectivity index (χ0v) is 12.5. The predicted molar refractivity (Wildman–Crippen MR) is 74.0 cm³/mol. The molecule has 0 heterocycles. The topological polar surface area (TPSA) is 49.4 Å². The van der Waals surface area contributed by atoms with E-state index in [1.54, 1.807) is 4.31 Å². The van der Waals surface area contributed by atoms with Crippen LogP contribution in [0.4, 0.5) is 0 Å². The van der Waals surface area contributed by atoms with Gasteiger partial charge in [0.15, 0.2) is 0 Å². The summed E-state index contributed by atoms with van der Waals surface area (Å²) in [5.41, 5.74) is 0. The fraction of sp³-hybridized carbons (Fsp3) is 1.00. The lowest BCUT2D eigenvalue weighted by Crippen LogP contribution is -2.44. The molecule has 0 aromatic rings. The molecule has 2 aliphatic rings. The summed E-state index contributed by atoms with van der Waals surface area (Å²) < 4.78 is 26.9. The van der Waals surface area contributed by atoms with Gasteiger partial charge in [0, 0.05) is 25.2 Å². The molecule has 18 heavy (non-hydrogen) atoms. The third-order valence-corrected chi connectivity index (χ3v) is 5.89. The molecule has 0 amide bonds. The molecule has 0 spiro atoms. The lowest BCUT2D eigenvalue weighted by atomic mass is 10.2. The molecular weight excluding hydrogens is 248 g/mol. The number of nitrogens with one attached hydrogen (secondary N) is 1. The number of hydrogen-bond acceptors (Lipinski definition) is 3. The molecule has 2 rings (SSSR count). The molecule has 2 saturated carbocycles. The lowest BCUT2D eigenvalue weighted by Gasteiger charge is -2.27. The summed E-state index contributed by atoms with van der Waals surface area (Å²) in [5.74, 6) is 0.393. The van der Waals surface area contributed by atoms with E-state index in [1.165, 1.54) is 12.8 Å². The zero-order chi connectivity index (χ0) is 13.3. The van der Waals surface area contributed by atoms with E-state index >= 15 is 0 Å². The van der Waals surface area contributed by atoms with Crippen molar-refractivity contribution < 1.29 is 8.42 Å². The molecule has 2 fully saturated rings. The maximum atomic E-state index is 12.6. The van der Waals surface area contributed by atoms with Crippen LogP contribution in [0.1, 0.15) is 46.5 Å². The van der Waals surface area contributed by atoms with Gasteiger partial charge in [-0.3, -0.25) is 0 Å². The molecule has 5 heteroatoms. The van der Waals surface area contributed by atoms with Gasteiger partial charge in [0.2, 0.25) is 10.0 Å². The summed E-state index contributed by atoms with van der Waals surface area (Å²) in [6.45, 7) is 7.26. The molecule has 1 atom stereocenters. The van der Waals surface area contributed by atoms with E-state index < -0.39 is 10.0 Å². The summed E-state index contributed by atoms with van der Waals surface area (Å²) in [7, 11) is -3.13. The molecule has 1 N–H and O–H groups in total. The summed E-state index contributed by atoms with van der Waals surface area (Å²) in [4.78, 5) is 0. The van der Waals surface area contributed by atoms with Gasteiger partial charge in [-0.15, -0.1) is 0 Å². The van der Waals surface area contributed by atoms with Crippen molar-refractivity contribution in [3.8, 4) is 0 Å². The molecule has 4 nitrogen and oxygen atoms in total. The SMILES string of the molecule is CC(C)CN(C1CC1)S(=O)(=O)C(C)CNC1CC1. The van der Waals surface area contributed by atoms with Crippen molar-refractivity contribution in [3.63, 3.8) is 0 Å². The van der Waals surface area contributed by atoms with Crippen LogP contribution in [-0.2, 0) is 10.0 Å². The highest BCUT2D eigenvalue weighted by molar-refractivity contribution is 7.89. The molecule has 0 aromatic carbocycles. The van der Waals surface area contributed by atoms with Crippen molar-refractivity contribution in [2.75, 3.05) is 13.1 Å². The Bertz CT molecular complexity index is 372. The highest BCUT2D eigenvalue weighted by Crippen LogP contribution is 2.31. The molecular formula is C13H26N2O2S. The van der Waals surface area contributed by atoms with Gasteiger partial charge in [-0.25, -0.2) is 8.42 Å². The van der Waals surface area contributed by atoms with Crippen LogP contribution in [0.25, 0.3) is 0 Å². The van der Waals surface area contributed by atoms with Crippen LogP contribution in [0.15, 0.2) is 0 Å². The first kappa shape index (κ1) is 14.3. The largest absolute Gasteiger partial charge is 0.313 e. The third-order valence-electron chi connectivity index (χ3n) is 3.61. The Morgan fingerprint density at radius 2 is 1.78 bits per heavy atom. The smallest absolute Gasteiger partial charge is 0.218 e. The molecule has 0 radical (unpaired) electrons. The second kappa shape index (κ2) is 5.47. The van der Waals surface area contributed by atoms with E-state index in [0.717, 1.165) is 12.8 Å². The number of hydrogen-bond donors (Lipinski definition) is 1. The predicted octanol–water partition coefficient (Wildman–Crippen LogP) is 1.58. The van der Waals surface area contributed by atoms with E-state index in [-0.39, 0.29) is 11.3 Å². The fourth-order valence-corrected chi connectivity index (χ4v) is 4.04. The fourth-order valence-electron chi connectivity index (χ4n) is 2.14. The van der Waals surface area contributed by atoms with Gasteiger partial charge in [0.25, 0.3) is 0 Å². The van der Waals surface area contributed by atoms with Gasteiger partial charge >= 0.3 is 0 Å². The van der Waals surface area contributed by atoms with Crippen molar-refractivity contribution in [3.05, 3.63) is 0 Å². The molecule has 1 unspecified atom stereocenters. The Hall–Kier alpha value is -0.130. The maximum absolute atomic E-state index is 12.6. The van der Waals surface area contributed by atoms with E-state index in [9.17, 15) is 8.42 Å². The Balaban J connectivity index is 1.95. The minimum atomic E-state index is -3.13. The first-order chi connectivity index (χ1) is 8.41. The first-order valence-corrected chi connectivity index (χ1v) is 8.65. The minimum absolute atomic E-state index is 0.278. The molecule has 2 aliphatic carbocycles. The highest BCUT2D eigenvalue weighted by Gasteiger charge is 2.40. The Labute approximate surface area is 111 Å². The average molecular weight is 274 g/mol. The van der Waals surface area contributed by atoms with Gasteiger partial charge in [0.05, 0.1) is 5.25 Å². The Kier molecular flexibility index (Phi) is 4.34. The van der Waals surface area contributed by atoms with Crippen molar-refractivity contribution in [2.24, 2.45) is 5.92 Å². The Morgan fingerprint density at radius 1 is 1.17 bits per heavy atom. The van der Waals surface area contributed by atoms with E-state index in [2.05, 4.69) is 19.2 Å². The molecule has 0 saturated heterocycles. The second-order valence-electron chi connectivity index (χ2n) is 6.23. The number of rotatable bonds is 8. The van der Waals surface area contributed by atoms with Crippen molar-refractivity contribution in [1.82, 2.24) is 9.62 Å². The number of sulfonamides is 1. The van der Waals surface area contributed by atoms with Crippen molar-refractivity contribution in [2.45, 2.75) is 63.8 Å². The highest BCUT2D eigenvalue weighted by atomic mass is 32.2. The van der Waals surface area contributed by atoms with Crippen LogP contribution in [0.2, 0.25) is 0 Å². The van der Waals surface area contributed by atoms with E-state index in [1.807, 2.05) is 6.92 Å². The standard InChI is InChI=1S/C13H26N2O2S/c1-10(2)9-15(13-6-7-13)18(16,17)11(3)8-14-12-4-5-12/h10-14H,4-9H2,1-3H3. The van der Waals surface area contributed by atoms with Crippen LogP contribution in [0, 0.1) is 5.92 Å². The van der Waals surface area contributed by atoms with Gasteiger partial charge in [0.1, 0.15) is 0 Å². The monoisotopic (exact) mass is 274 g/mol. The van der Waals surface area contributed by atoms with Gasteiger partial charge in [-0.2, -0.15) is 4.31 Å². The molecule has 0 aliphatic heterocycles. The third kappa shape index (κ3) is 3.68. The van der Waals surface area contributed by atoms with Crippen LogP contribution in [0.3, 0.4) is 0 Å². The van der Waals surface area contributed by atoms with Crippen LogP contribution >= 0.6 is 0 Å². The van der Waals surface area contributed by atoms with E-state index in [0.29, 0.717) is 25.0 Å². The Morgan fingerprint density at radius 3 is 2.22 bits per heavy atom.